The first kappa shape index (κ1) is 30.7. The van der Waals surface area contributed by atoms with Crippen LogP contribution in [0.25, 0.3) is 11.0 Å². The molecule has 3 atom stereocenters. The molecule has 0 aliphatic carbocycles. The fraction of sp³-hybridized carbons (Fsp3) is 0.382. The van der Waals surface area contributed by atoms with E-state index in [4.69, 9.17) is 14.6 Å². The number of aromatic amines is 1. The number of fused-ring (bicyclic) bond motifs is 1. The van der Waals surface area contributed by atoms with E-state index < -0.39 is 12.3 Å². The molecule has 0 saturated carbocycles. The number of para-hydroxylation sites is 2. The van der Waals surface area contributed by atoms with E-state index >= 15 is 0 Å². The summed E-state index contributed by atoms with van der Waals surface area (Å²) in [5.74, 6) is -1.40. The van der Waals surface area contributed by atoms with Gasteiger partial charge in [-0.3, -0.25) is 14.2 Å². The van der Waals surface area contributed by atoms with E-state index in [0.717, 1.165) is 53.7 Å². The number of aliphatic hydroxyl groups is 1. The number of H-pyrrole nitrogens is 1. The van der Waals surface area contributed by atoms with Crippen molar-refractivity contribution >= 4 is 28.6 Å². The van der Waals surface area contributed by atoms with Gasteiger partial charge in [0.15, 0.2) is 6.29 Å². The lowest BCUT2D eigenvalue weighted by Crippen LogP contribution is -2.43. The van der Waals surface area contributed by atoms with Gasteiger partial charge in [0.2, 0.25) is 5.91 Å². The van der Waals surface area contributed by atoms with E-state index in [-0.39, 0.29) is 49.3 Å². The second kappa shape index (κ2) is 13.8. The Kier molecular flexibility index (Phi) is 9.41. The third-order valence-corrected chi connectivity index (χ3v) is 8.63. The molecule has 0 radical (unpaired) electrons. The molecule has 2 aliphatic rings. The SMILES string of the molecule is O=C(O)CCC(=O)Nc1cccc(C2OC(CN3CCC(n4c(=O)[nH]c5ccccc54)CC3)CC(c3ccc(CO)cc3)O2)c1. The molecular weight excluding hydrogens is 576 g/mol. The molecule has 6 rings (SSSR count). The number of nitrogens with one attached hydrogen (secondary N) is 2. The number of anilines is 1. The first-order valence-electron chi connectivity index (χ1n) is 15.4. The predicted molar refractivity (Wildman–Crippen MR) is 168 cm³/mol. The first-order valence-corrected chi connectivity index (χ1v) is 15.4. The van der Waals surface area contributed by atoms with E-state index in [1.165, 1.54) is 0 Å². The highest BCUT2D eigenvalue weighted by Gasteiger charge is 2.34. The standard InChI is InChI=1S/C34H38N4O7/c39-21-22-8-10-23(11-9-22)30-19-27(44-33(45-30)24-4-3-5-25(18-24)35-31(40)12-13-32(41)42)20-37-16-14-26(15-17-37)38-29-7-2-1-6-28(29)36-34(38)43/h1-11,18,26-27,30,33,39H,12-17,19-21H2,(H,35,40)(H,36,43)(H,41,42). The summed E-state index contributed by atoms with van der Waals surface area (Å²) >= 11 is 0. The summed E-state index contributed by atoms with van der Waals surface area (Å²) in [7, 11) is 0. The highest BCUT2D eigenvalue weighted by molar-refractivity contribution is 5.92. The zero-order valence-corrected chi connectivity index (χ0v) is 24.9. The molecule has 0 bridgehead atoms. The number of carbonyl (C=O) groups is 2. The number of aliphatic carboxylic acids is 1. The van der Waals surface area contributed by atoms with Crippen LogP contribution in [-0.4, -0.2) is 62.3 Å². The summed E-state index contributed by atoms with van der Waals surface area (Å²) < 4.78 is 14.9. The lowest BCUT2D eigenvalue weighted by atomic mass is 9.98. The van der Waals surface area contributed by atoms with E-state index in [2.05, 4.69) is 15.2 Å². The van der Waals surface area contributed by atoms with Crippen molar-refractivity contribution in [2.75, 3.05) is 25.0 Å². The molecule has 0 spiro atoms. The summed E-state index contributed by atoms with van der Waals surface area (Å²) in [6, 6.07) is 22.9. The van der Waals surface area contributed by atoms with Crippen molar-refractivity contribution < 1.29 is 29.3 Å². The van der Waals surface area contributed by atoms with Crippen LogP contribution in [0, 0.1) is 0 Å². The third kappa shape index (κ3) is 7.34. The Hall–Kier alpha value is -4.29. The van der Waals surface area contributed by atoms with Gasteiger partial charge in [0.25, 0.3) is 0 Å². The number of aliphatic hydroxyl groups excluding tert-OH is 1. The van der Waals surface area contributed by atoms with Crippen LogP contribution in [0.2, 0.25) is 0 Å². The van der Waals surface area contributed by atoms with Gasteiger partial charge < -0.3 is 34.9 Å². The van der Waals surface area contributed by atoms with Crippen molar-refractivity contribution in [3.05, 3.63) is 100.0 Å². The summed E-state index contributed by atoms with van der Waals surface area (Å²) in [4.78, 5) is 41.2. The van der Waals surface area contributed by atoms with Crippen molar-refractivity contribution in [2.24, 2.45) is 0 Å². The van der Waals surface area contributed by atoms with Crippen LogP contribution in [0.5, 0.6) is 0 Å². The first-order chi connectivity index (χ1) is 21.9. The quantitative estimate of drug-likeness (QED) is 0.204. The van der Waals surface area contributed by atoms with E-state index in [0.29, 0.717) is 18.7 Å². The highest BCUT2D eigenvalue weighted by atomic mass is 16.7. The van der Waals surface area contributed by atoms with Crippen LogP contribution in [0.1, 0.15) is 67.2 Å². The molecule has 4 aromatic rings. The number of rotatable bonds is 10. The van der Waals surface area contributed by atoms with E-state index in [9.17, 15) is 19.5 Å². The number of nitrogens with zero attached hydrogens (tertiary/aromatic N) is 2. The molecular formula is C34H38N4O7. The van der Waals surface area contributed by atoms with Gasteiger partial charge in [-0.05, 0) is 48.2 Å². The Bertz CT molecular complexity index is 1690. The maximum absolute atomic E-state index is 12.8. The second-order valence-electron chi connectivity index (χ2n) is 11.8. The number of carbonyl (C=O) groups excluding carboxylic acids is 1. The maximum Gasteiger partial charge on any atom is 0.326 e. The van der Waals surface area contributed by atoms with Gasteiger partial charge in [-0.2, -0.15) is 0 Å². The van der Waals surface area contributed by atoms with Gasteiger partial charge in [-0.15, -0.1) is 0 Å². The van der Waals surface area contributed by atoms with E-state index in [1.807, 2.05) is 59.2 Å². The fourth-order valence-electron chi connectivity index (χ4n) is 6.32. The van der Waals surface area contributed by atoms with Crippen molar-refractivity contribution in [3.8, 4) is 0 Å². The Morgan fingerprint density at radius 3 is 2.47 bits per heavy atom. The number of piperidine rings is 1. The number of ether oxygens (including phenoxy) is 2. The zero-order valence-electron chi connectivity index (χ0n) is 24.9. The molecule has 45 heavy (non-hydrogen) atoms. The number of carboxylic acid groups (broad SMARTS) is 1. The molecule has 2 saturated heterocycles. The molecule has 2 fully saturated rings. The third-order valence-electron chi connectivity index (χ3n) is 8.63. The minimum atomic E-state index is -1.02. The Balaban J connectivity index is 1.16. The molecule has 1 aromatic heterocycles. The lowest BCUT2D eigenvalue weighted by molar-refractivity contribution is -0.253. The number of benzene rings is 3. The van der Waals surface area contributed by atoms with Crippen LogP contribution in [0.3, 0.4) is 0 Å². The number of likely N-dealkylation sites (tertiary alicyclic amines) is 1. The normalized spacial score (nSPS) is 21.1. The van der Waals surface area contributed by atoms with Gasteiger partial charge in [0, 0.05) is 49.8 Å². The van der Waals surface area contributed by atoms with Crippen molar-refractivity contribution in [1.29, 1.82) is 0 Å². The molecule has 3 aromatic carbocycles. The number of imidazole rings is 1. The average Bonchev–Trinajstić information content (AvgIpc) is 3.40. The van der Waals surface area contributed by atoms with Crippen molar-refractivity contribution in [1.82, 2.24) is 14.5 Å². The number of hydrogen-bond acceptors (Lipinski definition) is 7. The largest absolute Gasteiger partial charge is 0.481 e. The predicted octanol–water partition coefficient (Wildman–Crippen LogP) is 4.51. The molecule has 11 nitrogen and oxygen atoms in total. The number of amides is 1. The van der Waals surface area contributed by atoms with Crippen LogP contribution in [0.15, 0.2) is 77.6 Å². The van der Waals surface area contributed by atoms with Crippen molar-refractivity contribution in [2.45, 2.75) is 63.3 Å². The summed E-state index contributed by atoms with van der Waals surface area (Å²) in [5.41, 5.74) is 4.81. The Labute approximate surface area is 260 Å². The van der Waals surface area contributed by atoms with Crippen LogP contribution < -0.4 is 11.0 Å². The zero-order chi connectivity index (χ0) is 31.3. The molecule has 4 N–H and O–H groups in total. The minimum Gasteiger partial charge on any atom is -0.481 e. The minimum absolute atomic E-state index is 0.0359. The Morgan fingerprint density at radius 1 is 0.933 bits per heavy atom. The molecule has 2 aliphatic heterocycles. The van der Waals surface area contributed by atoms with Crippen LogP contribution in [0.4, 0.5) is 5.69 Å². The summed E-state index contributed by atoms with van der Waals surface area (Å²) in [6.45, 7) is 2.32. The van der Waals surface area contributed by atoms with Gasteiger partial charge in [-0.25, -0.2) is 4.79 Å². The molecule has 3 unspecified atom stereocenters. The highest BCUT2D eigenvalue weighted by Crippen LogP contribution is 2.39. The summed E-state index contributed by atoms with van der Waals surface area (Å²) in [6.07, 6.45) is 0.898. The van der Waals surface area contributed by atoms with E-state index in [1.54, 1.807) is 18.2 Å². The summed E-state index contributed by atoms with van der Waals surface area (Å²) in [5, 5.41) is 21.2. The van der Waals surface area contributed by atoms with Gasteiger partial charge in [0.05, 0.1) is 36.3 Å². The lowest BCUT2D eigenvalue weighted by Gasteiger charge is -2.40. The smallest absolute Gasteiger partial charge is 0.326 e. The molecule has 3 heterocycles. The molecule has 1 amide bonds. The fourth-order valence-corrected chi connectivity index (χ4v) is 6.32. The Morgan fingerprint density at radius 2 is 1.71 bits per heavy atom. The van der Waals surface area contributed by atoms with Crippen molar-refractivity contribution in [3.63, 3.8) is 0 Å². The van der Waals surface area contributed by atoms with Crippen LogP contribution in [-0.2, 0) is 25.7 Å². The molecule has 11 heteroatoms. The maximum atomic E-state index is 12.8. The number of hydrogen-bond donors (Lipinski definition) is 4. The average molecular weight is 615 g/mol. The topological polar surface area (TPSA) is 146 Å². The monoisotopic (exact) mass is 614 g/mol. The number of aromatic nitrogens is 2. The second-order valence-corrected chi connectivity index (χ2v) is 11.8. The van der Waals surface area contributed by atoms with Gasteiger partial charge in [-0.1, -0.05) is 48.5 Å². The molecule has 236 valence electrons. The number of carboxylic acids is 1. The van der Waals surface area contributed by atoms with Gasteiger partial charge >= 0.3 is 11.7 Å². The van der Waals surface area contributed by atoms with Crippen LogP contribution >= 0.6 is 0 Å². The van der Waals surface area contributed by atoms with Gasteiger partial charge in [0.1, 0.15) is 0 Å².